The van der Waals surface area contributed by atoms with Crippen molar-refractivity contribution in [2.24, 2.45) is 0 Å². The Morgan fingerprint density at radius 1 is 1.60 bits per heavy atom. The molecule has 1 unspecified atom stereocenters. The summed E-state index contributed by atoms with van der Waals surface area (Å²) in [6, 6.07) is -0.560. The number of anilines is 1. The molecule has 6 heteroatoms. The van der Waals surface area contributed by atoms with Gasteiger partial charge in [-0.3, -0.25) is 4.98 Å². The van der Waals surface area contributed by atoms with E-state index in [0.29, 0.717) is 18.9 Å². The molecule has 0 saturated carbocycles. The standard InChI is InChI=1S/C9H12N4O2/c14-9(15)7-5-11-3-4-13(7)8-6-10-1-2-12-8/h1-2,6-7,11H,3-5H2,(H,14,15). The van der Waals surface area contributed by atoms with Crippen LogP contribution in [0.2, 0.25) is 0 Å². The fourth-order valence-corrected chi connectivity index (χ4v) is 1.64. The summed E-state index contributed by atoms with van der Waals surface area (Å²) < 4.78 is 0. The van der Waals surface area contributed by atoms with Crippen LogP contribution in [0.1, 0.15) is 0 Å². The number of rotatable bonds is 2. The van der Waals surface area contributed by atoms with Gasteiger partial charge < -0.3 is 15.3 Å². The molecule has 1 saturated heterocycles. The largest absolute Gasteiger partial charge is 0.480 e. The molecule has 6 nitrogen and oxygen atoms in total. The van der Waals surface area contributed by atoms with Crippen molar-refractivity contribution in [3.8, 4) is 0 Å². The van der Waals surface area contributed by atoms with Gasteiger partial charge in [0.25, 0.3) is 0 Å². The van der Waals surface area contributed by atoms with Gasteiger partial charge in [-0.1, -0.05) is 0 Å². The number of carboxylic acid groups (broad SMARTS) is 1. The first kappa shape index (κ1) is 9.85. The highest BCUT2D eigenvalue weighted by molar-refractivity contribution is 5.78. The fourth-order valence-electron chi connectivity index (χ4n) is 1.64. The lowest BCUT2D eigenvalue weighted by molar-refractivity contribution is -0.138. The molecule has 0 radical (unpaired) electrons. The molecular weight excluding hydrogens is 196 g/mol. The first-order valence-corrected chi connectivity index (χ1v) is 4.75. The van der Waals surface area contributed by atoms with E-state index in [0.717, 1.165) is 6.54 Å². The van der Waals surface area contributed by atoms with Gasteiger partial charge in [-0.15, -0.1) is 0 Å². The van der Waals surface area contributed by atoms with Crippen molar-refractivity contribution in [1.82, 2.24) is 15.3 Å². The van der Waals surface area contributed by atoms with E-state index in [1.165, 1.54) is 0 Å². The molecule has 1 fully saturated rings. The van der Waals surface area contributed by atoms with Gasteiger partial charge in [-0.25, -0.2) is 9.78 Å². The molecule has 1 aromatic rings. The molecule has 1 aliphatic rings. The van der Waals surface area contributed by atoms with Crippen molar-refractivity contribution >= 4 is 11.8 Å². The molecule has 0 amide bonds. The Kier molecular flexibility index (Phi) is 2.77. The quantitative estimate of drug-likeness (QED) is 0.671. The minimum atomic E-state index is -0.840. The van der Waals surface area contributed by atoms with E-state index >= 15 is 0 Å². The summed E-state index contributed by atoms with van der Waals surface area (Å²) in [5.74, 6) is -0.223. The minimum absolute atomic E-state index is 0.436. The highest BCUT2D eigenvalue weighted by atomic mass is 16.4. The number of carboxylic acids is 1. The summed E-state index contributed by atoms with van der Waals surface area (Å²) in [7, 11) is 0. The van der Waals surface area contributed by atoms with Gasteiger partial charge in [0, 0.05) is 32.0 Å². The third-order valence-corrected chi connectivity index (χ3v) is 2.37. The lowest BCUT2D eigenvalue weighted by atomic mass is 10.2. The molecule has 1 atom stereocenters. The van der Waals surface area contributed by atoms with E-state index < -0.39 is 12.0 Å². The van der Waals surface area contributed by atoms with E-state index in [1.807, 2.05) is 0 Å². The maximum Gasteiger partial charge on any atom is 0.327 e. The van der Waals surface area contributed by atoms with Gasteiger partial charge in [-0.2, -0.15) is 0 Å². The number of aliphatic carboxylic acids is 1. The Morgan fingerprint density at radius 2 is 2.47 bits per heavy atom. The van der Waals surface area contributed by atoms with Gasteiger partial charge >= 0.3 is 5.97 Å². The Balaban J connectivity index is 2.22. The van der Waals surface area contributed by atoms with Crippen LogP contribution >= 0.6 is 0 Å². The zero-order chi connectivity index (χ0) is 10.7. The van der Waals surface area contributed by atoms with Crippen molar-refractivity contribution in [2.45, 2.75) is 6.04 Å². The molecule has 2 N–H and O–H groups in total. The molecule has 2 heterocycles. The van der Waals surface area contributed by atoms with E-state index in [4.69, 9.17) is 5.11 Å². The van der Waals surface area contributed by atoms with E-state index in [-0.39, 0.29) is 0 Å². The summed E-state index contributed by atoms with van der Waals surface area (Å²) >= 11 is 0. The normalized spacial score (nSPS) is 21.3. The Morgan fingerprint density at radius 3 is 3.13 bits per heavy atom. The Hall–Kier alpha value is -1.69. The molecule has 15 heavy (non-hydrogen) atoms. The molecular formula is C9H12N4O2. The van der Waals surface area contributed by atoms with Crippen LogP contribution in [-0.4, -0.2) is 46.7 Å². The third-order valence-electron chi connectivity index (χ3n) is 2.37. The van der Waals surface area contributed by atoms with Gasteiger partial charge in [-0.05, 0) is 0 Å². The molecule has 0 aliphatic carbocycles. The predicted molar refractivity (Wildman–Crippen MR) is 53.7 cm³/mol. The van der Waals surface area contributed by atoms with Crippen LogP contribution in [0.15, 0.2) is 18.6 Å². The average molecular weight is 208 g/mol. The highest BCUT2D eigenvalue weighted by Gasteiger charge is 2.29. The molecule has 0 aromatic carbocycles. The number of hydrogen-bond donors (Lipinski definition) is 2. The summed E-state index contributed by atoms with van der Waals surface area (Å²) in [5.41, 5.74) is 0. The number of nitrogens with one attached hydrogen (secondary N) is 1. The smallest absolute Gasteiger partial charge is 0.327 e. The maximum atomic E-state index is 11.0. The van der Waals surface area contributed by atoms with E-state index in [1.54, 1.807) is 23.5 Å². The zero-order valence-electron chi connectivity index (χ0n) is 8.13. The van der Waals surface area contributed by atoms with Crippen molar-refractivity contribution in [1.29, 1.82) is 0 Å². The number of hydrogen-bond acceptors (Lipinski definition) is 5. The molecule has 2 rings (SSSR count). The van der Waals surface area contributed by atoms with Crippen LogP contribution in [0.5, 0.6) is 0 Å². The van der Waals surface area contributed by atoms with Crippen LogP contribution < -0.4 is 10.2 Å². The van der Waals surface area contributed by atoms with Crippen LogP contribution in [0, 0.1) is 0 Å². The lowest BCUT2D eigenvalue weighted by Gasteiger charge is -2.33. The lowest BCUT2D eigenvalue weighted by Crippen LogP contribution is -2.55. The number of piperazine rings is 1. The molecule has 1 aromatic heterocycles. The average Bonchev–Trinajstić information content (AvgIpc) is 2.30. The van der Waals surface area contributed by atoms with Crippen molar-refractivity contribution in [3.05, 3.63) is 18.6 Å². The van der Waals surface area contributed by atoms with Gasteiger partial charge in [0.2, 0.25) is 0 Å². The topological polar surface area (TPSA) is 78.4 Å². The van der Waals surface area contributed by atoms with Crippen molar-refractivity contribution in [2.75, 3.05) is 24.5 Å². The van der Waals surface area contributed by atoms with Crippen molar-refractivity contribution in [3.63, 3.8) is 0 Å². The van der Waals surface area contributed by atoms with Crippen LogP contribution in [-0.2, 0) is 4.79 Å². The third kappa shape index (κ3) is 2.04. The Labute approximate surface area is 87.0 Å². The van der Waals surface area contributed by atoms with E-state index in [2.05, 4.69) is 15.3 Å². The Bertz CT molecular complexity index is 343. The SMILES string of the molecule is O=C(O)C1CNCCN1c1cnccn1. The van der Waals surface area contributed by atoms with Gasteiger partial charge in [0.05, 0.1) is 6.20 Å². The van der Waals surface area contributed by atoms with Gasteiger partial charge in [0.1, 0.15) is 11.9 Å². The second-order valence-corrected chi connectivity index (χ2v) is 3.32. The molecule has 0 spiro atoms. The highest BCUT2D eigenvalue weighted by Crippen LogP contribution is 2.13. The summed E-state index contributed by atoms with van der Waals surface area (Å²) in [4.78, 5) is 20.8. The van der Waals surface area contributed by atoms with Crippen molar-refractivity contribution < 1.29 is 9.90 Å². The van der Waals surface area contributed by atoms with Crippen LogP contribution in [0.25, 0.3) is 0 Å². The summed E-state index contributed by atoms with van der Waals surface area (Å²) in [5, 5.41) is 12.1. The second kappa shape index (κ2) is 4.22. The van der Waals surface area contributed by atoms with Gasteiger partial charge in [0.15, 0.2) is 0 Å². The number of aromatic nitrogens is 2. The monoisotopic (exact) mass is 208 g/mol. The summed E-state index contributed by atoms with van der Waals surface area (Å²) in [6.45, 7) is 1.84. The second-order valence-electron chi connectivity index (χ2n) is 3.32. The van der Waals surface area contributed by atoms with Crippen LogP contribution in [0.3, 0.4) is 0 Å². The number of nitrogens with zero attached hydrogens (tertiary/aromatic N) is 3. The summed E-state index contributed by atoms with van der Waals surface area (Å²) in [6.07, 6.45) is 4.72. The van der Waals surface area contributed by atoms with Crippen LogP contribution in [0.4, 0.5) is 5.82 Å². The molecule has 80 valence electrons. The maximum absolute atomic E-state index is 11.0. The molecule has 1 aliphatic heterocycles. The first-order chi connectivity index (χ1) is 7.29. The minimum Gasteiger partial charge on any atom is -0.480 e. The van der Waals surface area contributed by atoms with E-state index in [9.17, 15) is 4.79 Å². The number of carbonyl (C=O) groups is 1. The predicted octanol–water partition coefficient (Wildman–Crippen LogP) is -0.661. The fraction of sp³-hybridized carbons (Fsp3) is 0.444. The molecule has 0 bridgehead atoms. The first-order valence-electron chi connectivity index (χ1n) is 4.75. The zero-order valence-corrected chi connectivity index (χ0v) is 8.13.